The van der Waals surface area contributed by atoms with Crippen molar-refractivity contribution in [2.45, 2.75) is 32.2 Å². The lowest BCUT2D eigenvalue weighted by molar-refractivity contribution is -0.122. The Morgan fingerprint density at radius 2 is 2.05 bits per heavy atom. The average Bonchev–Trinajstić information content (AvgIpc) is 2.40. The molecule has 1 atom stereocenters. The lowest BCUT2D eigenvalue weighted by Gasteiger charge is -2.23. The molecule has 2 rings (SSSR count). The standard InChI is InChI=1S/C15H21ClN2O.ClH/c1-11(13-4-2-3-5-14(13)16)18-15(19)10-12-6-8-17-9-7-12;/h2-5,11-12,17H,6-10H2,1H3,(H,18,19);1H. The fraction of sp³-hybridized carbons (Fsp3) is 0.533. The third-order valence-corrected chi connectivity index (χ3v) is 4.03. The summed E-state index contributed by atoms with van der Waals surface area (Å²) < 4.78 is 0. The van der Waals surface area contributed by atoms with Gasteiger partial charge in [0.05, 0.1) is 6.04 Å². The smallest absolute Gasteiger partial charge is 0.220 e. The number of halogens is 2. The number of hydrogen-bond acceptors (Lipinski definition) is 2. The lowest BCUT2D eigenvalue weighted by atomic mass is 9.94. The third kappa shape index (κ3) is 4.97. The summed E-state index contributed by atoms with van der Waals surface area (Å²) in [6.45, 7) is 4.03. The molecule has 1 aromatic rings. The zero-order valence-corrected chi connectivity index (χ0v) is 13.3. The molecule has 1 aliphatic rings. The van der Waals surface area contributed by atoms with Crippen molar-refractivity contribution in [2.75, 3.05) is 13.1 Å². The molecule has 1 aromatic carbocycles. The quantitative estimate of drug-likeness (QED) is 0.894. The molecule has 1 aliphatic heterocycles. The molecule has 112 valence electrons. The normalized spacial score (nSPS) is 17.1. The topological polar surface area (TPSA) is 41.1 Å². The van der Waals surface area contributed by atoms with E-state index in [2.05, 4.69) is 10.6 Å². The van der Waals surface area contributed by atoms with E-state index in [9.17, 15) is 4.79 Å². The summed E-state index contributed by atoms with van der Waals surface area (Å²) >= 11 is 6.13. The number of nitrogens with one attached hydrogen (secondary N) is 2. The SMILES string of the molecule is CC(NC(=O)CC1CCNCC1)c1ccccc1Cl.Cl. The van der Waals surface area contributed by atoms with Crippen LogP contribution < -0.4 is 10.6 Å². The first-order valence-corrected chi connectivity index (χ1v) is 7.29. The summed E-state index contributed by atoms with van der Waals surface area (Å²) in [6, 6.07) is 7.61. The second kappa shape index (κ2) is 8.50. The Bertz CT molecular complexity index is 434. The number of carbonyl (C=O) groups is 1. The van der Waals surface area contributed by atoms with E-state index in [4.69, 9.17) is 11.6 Å². The van der Waals surface area contributed by atoms with Crippen molar-refractivity contribution in [3.05, 3.63) is 34.9 Å². The number of piperidine rings is 1. The van der Waals surface area contributed by atoms with Gasteiger partial charge in [0.2, 0.25) is 5.91 Å². The molecule has 5 heteroatoms. The van der Waals surface area contributed by atoms with Crippen LogP contribution in [0.5, 0.6) is 0 Å². The van der Waals surface area contributed by atoms with Gasteiger partial charge < -0.3 is 10.6 Å². The second-order valence-corrected chi connectivity index (χ2v) is 5.62. The van der Waals surface area contributed by atoms with Crippen LogP contribution in [0.4, 0.5) is 0 Å². The van der Waals surface area contributed by atoms with E-state index in [1.165, 1.54) is 0 Å². The van der Waals surface area contributed by atoms with Crippen molar-refractivity contribution in [1.82, 2.24) is 10.6 Å². The molecule has 1 fully saturated rings. The van der Waals surface area contributed by atoms with E-state index in [-0.39, 0.29) is 24.4 Å². The molecule has 1 heterocycles. The monoisotopic (exact) mass is 316 g/mol. The summed E-state index contributed by atoms with van der Waals surface area (Å²) in [5.74, 6) is 0.638. The molecule has 1 saturated heterocycles. The number of carbonyl (C=O) groups excluding carboxylic acids is 1. The minimum atomic E-state index is -0.0390. The Morgan fingerprint density at radius 3 is 2.70 bits per heavy atom. The van der Waals surface area contributed by atoms with Crippen molar-refractivity contribution in [2.24, 2.45) is 5.92 Å². The number of amides is 1. The van der Waals surface area contributed by atoms with Crippen LogP contribution in [-0.2, 0) is 4.79 Å². The van der Waals surface area contributed by atoms with Crippen LogP contribution in [0.15, 0.2) is 24.3 Å². The summed E-state index contributed by atoms with van der Waals surface area (Å²) in [6.07, 6.45) is 2.80. The van der Waals surface area contributed by atoms with Gasteiger partial charge in [0.15, 0.2) is 0 Å². The van der Waals surface area contributed by atoms with Gasteiger partial charge in [0.1, 0.15) is 0 Å². The highest BCUT2D eigenvalue weighted by molar-refractivity contribution is 6.31. The van der Waals surface area contributed by atoms with Crippen LogP contribution in [0.2, 0.25) is 5.02 Å². The van der Waals surface area contributed by atoms with Crippen molar-refractivity contribution in [3.8, 4) is 0 Å². The van der Waals surface area contributed by atoms with Gasteiger partial charge in [-0.3, -0.25) is 4.79 Å². The Labute approximate surface area is 131 Å². The lowest BCUT2D eigenvalue weighted by Crippen LogP contribution is -2.33. The molecular formula is C15H22Cl2N2O. The highest BCUT2D eigenvalue weighted by Crippen LogP contribution is 2.23. The van der Waals surface area contributed by atoms with Crippen LogP contribution in [0.3, 0.4) is 0 Å². The van der Waals surface area contributed by atoms with Crippen molar-refractivity contribution in [3.63, 3.8) is 0 Å². The third-order valence-electron chi connectivity index (χ3n) is 3.68. The Hall–Kier alpha value is -0.770. The predicted molar refractivity (Wildman–Crippen MR) is 85.5 cm³/mol. The molecule has 0 bridgehead atoms. The van der Waals surface area contributed by atoms with E-state index < -0.39 is 0 Å². The van der Waals surface area contributed by atoms with Gasteiger partial charge in [0, 0.05) is 11.4 Å². The fourth-order valence-electron chi connectivity index (χ4n) is 2.55. The largest absolute Gasteiger partial charge is 0.350 e. The summed E-state index contributed by atoms with van der Waals surface area (Å²) in [5, 5.41) is 7.06. The number of hydrogen-bond donors (Lipinski definition) is 2. The minimum absolute atomic E-state index is 0. The first-order chi connectivity index (χ1) is 9.16. The predicted octanol–water partition coefficient (Wildman–Crippen LogP) is 3.33. The maximum Gasteiger partial charge on any atom is 0.220 e. The summed E-state index contributed by atoms with van der Waals surface area (Å²) in [4.78, 5) is 12.0. The molecule has 20 heavy (non-hydrogen) atoms. The summed E-state index contributed by atoms with van der Waals surface area (Å²) in [5.41, 5.74) is 0.975. The molecule has 0 radical (unpaired) electrons. The summed E-state index contributed by atoms with van der Waals surface area (Å²) in [7, 11) is 0. The number of benzene rings is 1. The van der Waals surface area contributed by atoms with Crippen molar-refractivity contribution < 1.29 is 4.79 Å². The minimum Gasteiger partial charge on any atom is -0.350 e. The van der Waals surface area contributed by atoms with E-state index in [0.29, 0.717) is 17.4 Å². The molecule has 1 amide bonds. The van der Waals surface area contributed by atoms with E-state index in [0.717, 1.165) is 31.5 Å². The highest BCUT2D eigenvalue weighted by Gasteiger charge is 2.18. The van der Waals surface area contributed by atoms with E-state index in [1.54, 1.807) is 0 Å². The van der Waals surface area contributed by atoms with Gasteiger partial charge in [-0.15, -0.1) is 12.4 Å². The molecule has 0 saturated carbocycles. The van der Waals surface area contributed by atoms with Gasteiger partial charge in [-0.25, -0.2) is 0 Å². The fourth-order valence-corrected chi connectivity index (χ4v) is 2.85. The maximum atomic E-state index is 12.0. The molecule has 2 N–H and O–H groups in total. The zero-order chi connectivity index (χ0) is 13.7. The van der Waals surface area contributed by atoms with Gasteiger partial charge in [0.25, 0.3) is 0 Å². The van der Waals surface area contributed by atoms with Gasteiger partial charge >= 0.3 is 0 Å². The molecular weight excluding hydrogens is 295 g/mol. The van der Waals surface area contributed by atoms with Crippen molar-refractivity contribution in [1.29, 1.82) is 0 Å². The first-order valence-electron chi connectivity index (χ1n) is 6.91. The Kier molecular flexibility index (Phi) is 7.35. The van der Waals surface area contributed by atoms with Crippen LogP contribution >= 0.6 is 24.0 Å². The van der Waals surface area contributed by atoms with Crippen LogP contribution in [0, 0.1) is 5.92 Å². The second-order valence-electron chi connectivity index (χ2n) is 5.21. The Morgan fingerprint density at radius 1 is 1.40 bits per heavy atom. The first kappa shape index (κ1) is 17.3. The maximum absolute atomic E-state index is 12.0. The highest BCUT2D eigenvalue weighted by atomic mass is 35.5. The van der Waals surface area contributed by atoms with Gasteiger partial charge in [-0.05, 0) is 50.4 Å². The Balaban J connectivity index is 0.00000200. The van der Waals surface area contributed by atoms with Crippen LogP contribution in [0.25, 0.3) is 0 Å². The molecule has 3 nitrogen and oxygen atoms in total. The average molecular weight is 317 g/mol. The zero-order valence-electron chi connectivity index (χ0n) is 11.7. The van der Waals surface area contributed by atoms with Gasteiger partial charge in [-0.2, -0.15) is 0 Å². The van der Waals surface area contributed by atoms with E-state index >= 15 is 0 Å². The van der Waals surface area contributed by atoms with Gasteiger partial charge in [-0.1, -0.05) is 29.8 Å². The number of rotatable bonds is 4. The van der Waals surface area contributed by atoms with Crippen LogP contribution in [-0.4, -0.2) is 19.0 Å². The van der Waals surface area contributed by atoms with Crippen molar-refractivity contribution >= 4 is 29.9 Å². The molecule has 0 aromatic heterocycles. The van der Waals surface area contributed by atoms with E-state index in [1.807, 2.05) is 31.2 Å². The molecule has 1 unspecified atom stereocenters. The van der Waals surface area contributed by atoms with Crippen LogP contribution in [0.1, 0.15) is 37.8 Å². The molecule has 0 spiro atoms. The molecule has 0 aliphatic carbocycles.